The lowest BCUT2D eigenvalue weighted by molar-refractivity contribution is -0.136. The first kappa shape index (κ1) is 20.5. The van der Waals surface area contributed by atoms with Gasteiger partial charge < -0.3 is 9.47 Å². The van der Waals surface area contributed by atoms with Crippen molar-refractivity contribution in [2.75, 3.05) is 6.61 Å². The van der Waals surface area contributed by atoms with Crippen molar-refractivity contribution in [3.63, 3.8) is 0 Å². The van der Waals surface area contributed by atoms with Gasteiger partial charge in [-0.3, -0.25) is 0 Å². The van der Waals surface area contributed by atoms with Crippen LogP contribution in [0.25, 0.3) is 11.6 Å². The van der Waals surface area contributed by atoms with Gasteiger partial charge in [0, 0.05) is 5.02 Å². The highest BCUT2D eigenvalue weighted by Gasteiger charge is 2.09. The fourth-order valence-electron chi connectivity index (χ4n) is 2.49. The number of nitriles is 1. The minimum Gasteiger partial charge on any atom is -0.480 e. The monoisotopic (exact) mass is 423 g/mol. The summed E-state index contributed by atoms with van der Waals surface area (Å²) in [7, 11) is 0. The van der Waals surface area contributed by atoms with E-state index in [0.717, 1.165) is 11.1 Å². The molecule has 4 nitrogen and oxygen atoms in total. The maximum atomic E-state index is 12.0. The van der Waals surface area contributed by atoms with Crippen molar-refractivity contribution in [2.45, 2.75) is 0 Å². The summed E-state index contributed by atoms with van der Waals surface area (Å²) < 4.78 is 10.6. The SMILES string of the molecule is N#C/C(=C/c1ccc(OC(=O)COc2ccc(Cl)cc2Cl)cc1)c1ccccc1. The summed E-state index contributed by atoms with van der Waals surface area (Å²) in [6.07, 6.45) is 1.77. The maximum absolute atomic E-state index is 12.0. The number of carbonyl (C=O) groups is 1. The summed E-state index contributed by atoms with van der Waals surface area (Å²) in [4.78, 5) is 12.0. The minimum absolute atomic E-state index is 0.296. The van der Waals surface area contributed by atoms with Crippen molar-refractivity contribution in [3.05, 3.63) is 94.0 Å². The van der Waals surface area contributed by atoms with E-state index in [-0.39, 0.29) is 6.61 Å². The minimum atomic E-state index is -0.568. The van der Waals surface area contributed by atoms with Crippen LogP contribution in [0.3, 0.4) is 0 Å². The molecule has 0 aliphatic heterocycles. The largest absolute Gasteiger partial charge is 0.480 e. The van der Waals surface area contributed by atoms with Crippen LogP contribution in [0.5, 0.6) is 11.5 Å². The van der Waals surface area contributed by atoms with E-state index in [0.29, 0.717) is 27.1 Å². The van der Waals surface area contributed by atoms with Crippen molar-refractivity contribution < 1.29 is 14.3 Å². The highest BCUT2D eigenvalue weighted by atomic mass is 35.5. The van der Waals surface area contributed by atoms with Gasteiger partial charge in [0.05, 0.1) is 16.7 Å². The molecule has 0 aromatic heterocycles. The Labute approximate surface area is 178 Å². The lowest BCUT2D eigenvalue weighted by Gasteiger charge is -2.08. The molecule has 0 fully saturated rings. The smallest absolute Gasteiger partial charge is 0.349 e. The number of carbonyl (C=O) groups excluding carboxylic acids is 1. The number of hydrogen-bond acceptors (Lipinski definition) is 4. The average Bonchev–Trinajstić information content (AvgIpc) is 2.73. The highest BCUT2D eigenvalue weighted by Crippen LogP contribution is 2.27. The fourth-order valence-corrected chi connectivity index (χ4v) is 2.95. The van der Waals surface area contributed by atoms with Crippen LogP contribution in [-0.2, 0) is 4.79 Å². The van der Waals surface area contributed by atoms with E-state index in [1.54, 1.807) is 42.5 Å². The molecule has 0 atom stereocenters. The number of benzene rings is 3. The average molecular weight is 424 g/mol. The van der Waals surface area contributed by atoms with E-state index in [2.05, 4.69) is 6.07 Å². The van der Waals surface area contributed by atoms with Crippen LogP contribution in [0.4, 0.5) is 0 Å². The van der Waals surface area contributed by atoms with Crippen LogP contribution in [0.1, 0.15) is 11.1 Å². The molecule has 0 bridgehead atoms. The molecule has 0 N–H and O–H groups in total. The zero-order valence-electron chi connectivity index (χ0n) is 15.1. The number of halogens is 2. The van der Waals surface area contributed by atoms with Gasteiger partial charge in [0.25, 0.3) is 0 Å². The van der Waals surface area contributed by atoms with Gasteiger partial charge in [-0.05, 0) is 47.5 Å². The lowest BCUT2D eigenvalue weighted by atomic mass is 10.0. The van der Waals surface area contributed by atoms with E-state index in [4.69, 9.17) is 32.7 Å². The maximum Gasteiger partial charge on any atom is 0.349 e. The van der Waals surface area contributed by atoms with Crippen LogP contribution >= 0.6 is 23.2 Å². The molecule has 6 heteroatoms. The third-order valence-corrected chi connectivity index (χ3v) is 4.40. The topological polar surface area (TPSA) is 59.3 Å². The molecule has 3 aromatic carbocycles. The molecule has 29 heavy (non-hydrogen) atoms. The van der Waals surface area contributed by atoms with E-state index in [1.165, 1.54) is 6.07 Å². The molecule has 0 heterocycles. The quantitative estimate of drug-likeness (QED) is 0.209. The predicted octanol–water partition coefficient (Wildman–Crippen LogP) is 6.04. The third-order valence-electron chi connectivity index (χ3n) is 3.87. The molecular formula is C23H15Cl2NO3. The van der Waals surface area contributed by atoms with Gasteiger partial charge >= 0.3 is 5.97 Å². The Bertz CT molecular complexity index is 1070. The zero-order chi connectivity index (χ0) is 20.6. The summed E-state index contributed by atoms with van der Waals surface area (Å²) in [5.74, 6) is 0.149. The Morgan fingerprint density at radius 3 is 2.38 bits per heavy atom. The lowest BCUT2D eigenvalue weighted by Crippen LogP contribution is -2.17. The summed E-state index contributed by atoms with van der Waals surface area (Å²) in [5.41, 5.74) is 2.20. The Morgan fingerprint density at radius 1 is 1.00 bits per heavy atom. The molecule has 0 aliphatic carbocycles. The molecular weight excluding hydrogens is 409 g/mol. The molecule has 0 amide bonds. The Kier molecular flexibility index (Phi) is 6.91. The van der Waals surface area contributed by atoms with Crippen molar-refractivity contribution in [2.24, 2.45) is 0 Å². The van der Waals surface area contributed by atoms with Gasteiger partial charge in [-0.1, -0.05) is 65.7 Å². The second-order valence-electron chi connectivity index (χ2n) is 5.94. The van der Waals surface area contributed by atoms with Gasteiger partial charge in [-0.2, -0.15) is 5.26 Å². The first-order valence-corrected chi connectivity index (χ1v) is 9.36. The molecule has 0 aliphatic rings. The van der Waals surface area contributed by atoms with Gasteiger partial charge in [0.2, 0.25) is 0 Å². The number of ether oxygens (including phenoxy) is 2. The second kappa shape index (κ2) is 9.79. The predicted molar refractivity (Wildman–Crippen MR) is 114 cm³/mol. The Morgan fingerprint density at radius 2 is 1.72 bits per heavy atom. The molecule has 0 unspecified atom stereocenters. The number of nitrogens with zero attached hydrogens (tertiary/aromatic N) is 1. The summed E-state index contributed by atoms with van der Waals surface area (Å²) in [6.45, 7) is -0.296. The van der Waals surface area contributed by atoms with Crippen molar-refractivity contribution in [3.8, 4) is 17.6 Å². The third kappa shape index (κ3) is 5.86. The zero-order valence-corrected chi connectivity index (χ0v) is 16.7. The number of rotatable bonds is 6. The van der Waals surface area contributed by atoms with Gasteiger partial charge in [0.15, 0.2) is 6.61 Å². The molecule has 144 valence electrons. The number of allylic oxidation sites excluding steroid dienone is 1. The summed E-state index contributed by atoms with van der Waals surface area (Å²) >= 11 is 11.8. The number of hydrogen-bond donors (Lipinski definition) is 0. The first-order chi connectivity index (χ1) is 14.0. The van der Waals surface area contributed by atoms with Crippen molar-refractivity contribution in [1.82, 2.24) is 0 Å². The van der Waals surface area contributed by atoms with Gasteiger partial charge in [-0.15, -0.1) is 0 Å². The van der Waals surface area contributed by atoms with E-state index < -0.39 is 5.97 Å². The standard InChI is InChI=1S/C23H15Cl2NO3/c24-19-8-11-22(21(25)13-19)28-15-23(27)29-20-9-6-16(7-10-20)12-18(14-26)17-4-2-1-3-5-17/h1-13H,15H2/b18-12-. The number of esters is 1. The Hall–Kier alpha value is -3.26. The molecule has 3 rings (SSSR count). The van der Waals surface area contributed by atoms with Crippen LogP contribution in [0.15, 0.2) is 72.8 Å². The molecule has 0 spiro atoms. The normalized spacial score (nSPS) is 10.9. The van der Waals surface area contributed by atoms with Gasteiger partial charge in [-0.25, -0.2) is 4.79 Å². The van der Waals surface area contributed by atoms with E-state index in [9.17, 15) is 10.1 Å². The summed E-state index contributed by atoms with van der Waals surface area (Å²) in [5, 5.41) is 10.2. The highest BCUT2D eigenvalue weighted by molar-refractivity contribution is 6.35. The first-order valence-electron chi connectivity index (χ1n) is 8.61. The van der Waals surface area contributed by atoms with E-state index >= 15 is 0 Å². The fraction of sp³-hybridized carbons (Fsp3) is 0.0435. The van der Waals surface area contributed by atoms with Crippen molar-refractivity contribution >= 4 is 40.8 Å². The molecule has 0 saturated carbocycles. The van der Waals surface area contributed by atoms with E-state index in [1.807, 2.05) is 30.3 Å². The van der Waals surface area contributed by atoms with Gasteiger partial charge in [0.1, 0.15) is 11.5 Å². The summed E-state index contributed by atoms with van der Waals surface area (Å²) in [6, 6.07) is 23.1. The second-order valence-corrected chi connectivity index (χ2v) is 6.79. The molecule has 0 radical (unpaired) electrons. The van der Waals surface area contributed by atoms with Crippen LogP contribution < -0.4 is 9.47 Å². The van der Waals surface area contributed by atoms with Crippen LogP contribution in [0.2, 0.25) is 10.0 Å². The Balaban J connectivity index is 1.60. The van der Waals surface area contributed by atoms with Crippen molar-refractivity contribution in [1.29, 1.82) is 5.26 Å². The molecule has 0 saturated heterocycles. The van der Waals surface area contributed by atoms with Crippen LogP contribution in [0, 0.1) is 11.3 Å². The van der Waals surface area contributed by atoms with Crippen LogP contribution in [-0.4, -0.2) is 12.6 Å². The molecule has 3 aromatic rings.